The number of hydrogen-bond acceptors (Lipinski definition) is 3. The van der Waals surface area contributed by atoms with E-state index in [4.69, 9.17) is 0 Å². The first-order valence-corrected chi connectivity index (χ1v) is 9.47. The van der Waals surface area contributed by atoms with Crippen LogP contribution < -0.4 is 5.32 Å². The summed E-state index contributed by atoms with van der Waals surface area (Å²) in [7, 11) is 3.82. The predicted octanol–water partition coefficient (Wildman–Crippen LogP) is 3.55. The van der Waals surface area contributed by atoms with Crippen molar-refractivity contribution in [2.24, 2.45) is 4.99 Å². The van der Waals surface area contributed by atoms with E-state index in [1.165, 1.54) is 5.56 Å². The van der Waals surface area contributed by atoms with Crippen LogP contribution in [0.5, 0.6) is 0 Å². The zero-order chi connectivity index (χ0) is 19.2. The molecule has 1 aromatic carbocycles. The molecule has 0 saturated heterocycles. The van der Waals surface area contributed by atoms with Crippen LogP contribution in [0.15, 0.2) is 64.5 Å². The van der Waals surface area contributed by atoms with Gasteiger partial charge in [0.25, 0.3) is 0 Å². The third-order valence-corrected chi connectivity index (χ3v) is 4.77. The number of nitrogens with zero attached hydrogens (tertiary/aromatic N) is 5. The number of hydrogen-bond donors (Lipinski definition) is 1. The van der Waals surface area contributed by atoms with Gasteiger partial charge in [0.05, 0.1) is 0 Å². The molecule has 2 heterocycles. The number of benzene rings is 1. The van der Waals surface area contributed by atoms with E-state index < -0.39 is 0 Å². The van der Waals surface area contributed by atoms with Crippen LogP contribution in [0, 0.1) is 6.92 Å². The van der Waals surface area contributed by atoms with Gasteiger partial charge < -0.3 is 10.2 Å². The Bertz CT molecular complexity index is 899. The molecule has 2 aromatic heterocycles. The lowest BCUT2D eigenvalue weighted by Gasteiger charge is -2.22. The molecule has 3 aromatic rings. The van der Waals surface area contributed by atoms with E-state index in [1.807, 2.05) is 37.0 Å². The van der Waals surface area contributed by atoms with Gasteiger partial charge in [-0.2, -0.15) is 0 Å². The van der Waals surface area contributed by atoms with Crippen molar-refractivity contribution in [3.63, 3.8) is 0 Å². The SMILES string of the molecule is CN=C(NCc1ccc(-n2ccnc2C)nc1)N(C)Cc1ccc(Br)cc1. The highest BCUT2D eigenvalue weighted by Crippen LogP contribution is 2.12. The number of imidazole rings is 1. The van der Waals surface area contributed by atoms with Gasteiger partial charge in [0.1, 0.15) is 11.6 Å². The summed E-state index contributed by atoms with van der Waals surface area (Å²) < 4.78 is 3.04. The highest BCUT2D eigenvalue weighted by Gasteiger charge is 2.07. The largest absolute Gasteiger partial charge is 0.352 e. The van der Waals surface area contributed by atoms with Gasteiger partial charge in [0, 0.05) is 50.2 Å². The zero-order valence-corrected chi connectivity index (χ0v) is 17.3. The number of aryl methyl sites for hydroxylation is 1. The van der Waals surface area contributed by atoms with Crippen LogP contribution in [-0.2, 0) is 13.1 Å². The van der Waals surface area contributed by atoms with E-state index in [1.54, 1.807) is 13.2 Å². The monoisotopic (exact) mass is 426 g/mol. The van der Waals surface area contributed by atoms with Crippen molar-refractivity contribution in [2.75, 3.05) is 14.1 Å². The molecule has 0 spiro atoms. The summed E-state index contributed by atoms with van der Waals surface area (Å²) in [5.74, 6) is 2.63. The van der Waals surface area contributed by atoms with Gasteiger partial charge in [-0.1, -0.05) is 34.1 Å². The quantitative estimate of drug-likeness (QED) is 0.500. The van der Waals surface area contributed by atoms with Gasteiger partial charge in [-0.05, 0) is 36.2 Å². The lowest BCUT2D eigenvalue weighted by molar-refractivity contribution is 0.476. The van der Waals surface area contributed by atoms with Gasteiger partial charge in [-0.15, -0.1) is 0 Å². The number of rotatable bonds is 5. The lowest BCUT2D eigenvalue weighted by Crippen LogP contribution is -2.38. The predicted molar refractivity (Wildman–Crippen MR) is 112 cm³/mol. The minimum atomic E-state index is 0.660. The molecular formula is C20H23BrN6. The number of halogens is 1. The molecule has 140 valence electrons. The number of aliphatic imine (C=N–C) groups is 1. The van der Waals surface area contributed by atoms with Gasteiger partial charge in [0.2, 0.25) is 0 Å². The fraction of sp³-hybridized carbons (Fsp3) is 0.250. The molecule has 27 heavy (non-hydrogen) atoms. The first-order valence-electron chi connectivity index (χ1n) is 8.68. The Morgan fingerprint density at radius 3 is 2.48 bits per heavy atom. The molecule has 0 amide bonds. The van der Waals surface area contributed by atoms with Crippen molar-refractivity contribution in [3.8, 4) is 5.82 Å². The summed E-state index contributed by atoms with van der Waals surface area (Å²) in [6.07, 6.45) is 5.57. The van der Waals surface area contributed by atoms with Crippen molar-refractivity contribution >= 4 is 21.9 Å². The fourth-order valence-electron chi connectivity index (χ4n) is 2.79. The Kier molecular flexibility index (Phi) is 6.24. The second-order valence-corrected chi connectivity index (χ2v) is 7.17. The third-order valence-electron chi connectivity index (χ3n) is 4.24. The summed E-state index contributed by atoms with van der Waals surface area (Å²) >= 11 is 3.47. The van der Waals surface area contributed by atoms with Crippen molar-refractivity contribution in [1.29, 1.82) is 0 Å². The Morgan fingerprint density at radius 2 is 1.89 bits per heavy atom. The van der Waals surface area contributed by atoms with Crippen LogP contribution in [0.1, 0.15) is 17.0 Å². The molecular weight excluding hydrogens is 404 g/mol. The third kappa shape index (κ3) is 4.95. The van der Waals surface area contributed by atoms with Crippen LogP contribution in [0.2, 0.25) is 0 Å². The van der Waals surface area contributed by atoms with Crippen LogP contribution in [0.25, 0.3) is 5.82 Å². The van der Waals surface area contributed by atoms with E-state index in [2.05, 4.69) is 71.4 Å². The summed E-state index contributed by atoms with van der Waals surface area (Å²) in [5, 5.41) is 3.39. The zero-order valence-electron chi connectivity index (χ0n) is 15.7. The summed E-state index contributed by atoms with van der Waals surface area (Å²) in [6, 6.07) is 12.4. The highest BCUT2D eigenvalue weighted by molar-refractivity contribution is 9.10. The molecule has 1 N–H and O–H groups in total. The number of nitrogens with one attached hydrogen (secondary N) is 1. The van der Waals surface area contributed by atoms with Crippen molar-refractivity contribution in [2.45, 2.75) is 20.0 Å². The average Bonchev–Trinajstić information content (AvgIpc) is 3.10. The van der Waals surface area contributed by atoms with Gasteiger partial charge in [-0.3, -0.25) is 9.56 Å². The highest BCUT2D eigenvalue weighted by atomic mass is 79.9. The second-order valence-electron chi connectivity index (χ2n) is 6.25. The summed E-state index contributed by atoms with van der Waals surface area (Å²) in [4.78, 5) is 15.2. The summed E-state index contributed by atoms with van der Waals surface area (Å²) in [6.45, 7) is 3.40. The molecule has 0 aliphatic carbocycles. The maximum absolute atomic E-state index is 4.53. The molecule has 0 saturated carbocycles. The maximum atomic E-state index is 4.53. The standard InChI is InChI=1S/C20H23BrN6/c1-15-23-10-11-27(15)19-9-6-17(12-24-19)13-25-20(22-2)26(3)14-16-4-7-18(21)8-5-16/h4-12H,13-14H2,1-3H3,(H,22,25). The first kappa shape index (κ1) is 19.1. The molecule has 7 heteroatoms. The van der Waals surface area contributed by atoms with Gasteiger partial charge >= 0.3 is 0 Å². The number of guanidine groups is 1. The lowest BCUT2D eigenvalue weighted by atomic mass is 10.2. The topological polar surface area (TPSA) is 58.3 Å². The molecule has 0 radical (unpaired) electrons. The molecule has 0 fully saturated rings. The normalized spacial score (nSPS) is 11.5. The maximum Gasteiger partial charge on any atom is 0.193 e. The summed E-state index contributed by atoms with van der Waals surface area (Å²) in [5.41, 5.74) is 2.32. The van der Waals surface area contributed by atoms with Crippen LogP contribution in [0.3, 0.4) is 0 Å². The van der Waals surface area contributed by atoms with Crippen LogP contribution in [-0.4, -0.2) is 39.5 Å². The molecule has 0 aliphatic rings. The van der Waals surface area contributed by atoms with E-state index in [0.717, 1.165) is 34.2 Å². The van der Waals surface area contributed by atoms with E-state index >= 15 is 0 Å². The van der Waals surface area contributed by atoms with E-state index in [9.17, 15) is 0 Å². The van der Waals surface area contributed by atoms with E-state index in [-0.39, 0.29) is 0 Å². The van der Waals surface area contributed by atoms with Crippen LogP contribution in [0.4, 0.5) is 0 Å². The Hall–Kier alpha value is -2.67. The average molecular weight is 427 g/mol. The molecule has 0 unspecified atom stereocenters. The smallest absolute Gasteiger partial charge is 0.193 e. The van der Waals surface area contributed by atoms with E-state index in [0.29, 0.717) is 6.54 Å². The number of pyridine rings is 1. The Balaban J connectivity index is 1.59. The first-order chi connectivity index (χ1) is 13.1. The fourth-order valence-corrected chi connectivity index (χ4v) is 3.05. The molecule has 6 nitrogen and oxygen atoms in total. The molecule has 3 rings (SSSR count). The minimum absolute atomic E-state index is 0.660. The van der Waals surface area contributed by atoms with Crippen molar-refractivity contribution in [1.82, 2.24) is 24.8 Å². The number of aromatic nitrogens is 3. The van der Waals surface area contributed by atoms with Gasteiger partial charge in [-0.25, -0.2) is 9.97 Å². The molecule has 0 bridgehead atoms. The van der Waals surface area contributed by atoms with Gasteiger partial charge in [0.15, 0.2) is 5.96 Å². The van der Waals surface area contributed by atoms with Crippen molar-refractivity contribution < 1.29 is 0 Å². The molecule has 0 aliphatic heterocycles. The Morgan fingerprint density at radius 1 is 1.15 bits per heavy atom. The second kappa shape index (κ2) is 8.81. The van der Waals surface area contributed by atoms with Crippen LogP contribution >= 0.6 is 15.9 Å². The van der Waals surface area contributed by atoms with Crippen molar-refractivity contribution in [3.05, 3.63) is 76.4 Å². The molecule has 0 atom stereocenters. The minimum Gasteiger partial charge on any atom is -0.352 e. The Labute approximate surface area is 168 Å².